The first-order valence-electron chi connectivity index (χ1n) is 8.19. The zero-order valence-electron chi connectivity index (χ0n) is 13.2. The van der Waals surface area contributed by atoms with E-state index in [0.29, 0.717) is 12.3 Å². The highest BCUT2D eigenvalue weighted by Gasteiger charge is 2.38. The first-order chi connectivity index (χ1) is 10.2. The minimum Gasteiger partial charge on any atom is -0.394 e. The Morgan fingerprint density at radius 3 is 2.57 bits per heavy atom. The van der Waals surface area contributed by atoms with Gasteiger partial charge >= 0.3 is 0 Å². The maximum atomic E-state index is 12.5. The van der Waals surface area contributed by atoms with E-state index in [-0.39, 0.29) is 24.6 Å². The second-order valence-electron chi connectivity index (χ2n) is 5.97. The van der Waals surface area contributed by atoms with Gasteiger partial charge in [0.25, 0.3) is 0 Å². The molecule has 1 amide bonds. The van der Waals surface area contributed by atoms with Crippen LogP contribution in [0.3, 0.4) is 0 Å². The van der Waals surface area contributed by atoms with Crippen molar-refractivity contribution in [1.29, 1.82) is 0 Å². The predicted octanol–water partition coefficient (Wildman–Crippen LogP) is 3.54. The van der Waals surface area contributed by atoms with Crippen LogP contribution in [0.1, 0.15) is 57.6 Å². The van der Waals surface area contributed by atoms with E-state index in [2.05, 4.69) is 13.8 Å². The van der Waals surface area contributed by atoms with E-state index in [0.717, 1.165) is 31.2 Å². The monoisotopic (exact) mass is 289 g/mol. The highest BCUT2D eigenvalue weighted by Crippen LogP contribution is 2.36. The summed E-state index contributed by atoms with van der Waals surface area (Å²) >= 11 is 0. The molecular weight excluding hydrogens is 262 g/mol. The average Bonchev–Trinajstić information content (AvgIpc) is 2.52. The first kappa shape index (κ1) is 16.0. The van der Waals surface area contributed by atoms with Crippen LogP contribution in [0.15, 0.2) is 30.3 Å². The number of hydrogen-bond donors (Lipinski definition) is 1. The van der Waals surface area contributed by atoms with Crippen LogP contribution in [0.4, 0.5) is 0 Å². The average molecular weight is 289 g/mol. The van der Waals surface area contributed by atoms with E-state index in [9.17, 15) is 9.90 Å². The molecule has 0 radical (unpaired) electrons. The molecule has 3 nitrogen and oxygen atoms in total. The zero-order valence-corrected chi connectivity index (χ0v) is 13.2. The molecule has 2 rings (SSSR count). The van der Waals surface area contributed by atoms with Crippen LogP contribution in [0.2, 0.25) is 0 Å². The maximum Gasteiger partial charge on any atom is 0.223 e. The number of carbonyl (C=O) groups is 1. The van der Waals surface area contributed by atoms with Crippen LogP contribution in [0, 0.1) is 5.92 Å². The number of aliphatic hydroxyl groups is 1. The third kappa shape index (κ3) is 3.46. The molecule has 116 valence electrons. The standard InChI is InChI=1S/C18H27NO2/c1-3-8-16-14(4-2)11-12-18(21)19(16)17(13-20)15-9-6-5-7-10-15/h5-7,9-10,14,16-17,20H,3-4,8,11-13H2,1-2H3/t14-,16+,17+/m1/s1. The van der Waals surface area contributed by atoms with Crippen molar-refractivity contribution in [2.75, 3.05) is 6.61 Å². The van der Waals surface area contributed by atoms with Gasteiger partial charge in [-0.15, -0.1) is 0 Å². The van der Waals surface area contributed by atoms with Gasteiger partial charge in [0, 0.05) is 12.5 Å². The van der Waals surface area contributed by atoms with E-state index < -0.39 is 0 Å². The summed E-state index contributed by atoms with van der Waals surface area (Å²) in [5.41, 5.74) is 1.03. The van der Waals surface area contributed by atoms with Crippen molar-refractivity contribution in [1.82, 2.24) is 4.90 Å². The molecule has 1 aliphatic rings. The lowest BCUT2D eigenvalue weighted by Crippen LogP contribution is -2.51. The number of benzene rings is 1. The molecule has 1 N–H and O–H groups in total. The lowest BCUT2D eigenvalue weighted by atomic mass is 9.82. The molecule has 1 aliphatic heterocycles. The fourth-order valence-corrected chi connectivity index (χ4v) is 3.62. The van der Waals surface area contributed by atoms with Crippen LogP contribution in [0.5, 0.6) is 0 Å². The number of rotatable bonds is 6. The molecule has 21 heavy (non-hydrogen) atoms. The second kappa shape index (κ2) is 7.60. The van der Waals surface area contributed by atoms with Crippen LogP contribution in [0.25, 0.3) is 0 Å². The highest BCUT2D eigenvalue weighted by atomic mass is 16.3. The molecule has 0 bridgehead atoms. The largest absolute Gasteiger partial charge is 0.394 e. The number of hydrogen-bond acceptors (Lipinski definition) is 2. The van der Waals surface area contributed by atoms with Crippen LogP contribution < -0.4 is 0 Å². The number of carbonyl (C=O) groups excluding carboxylic acids is 1. The maximum absolute atomic E-state index is 12.5. The van der Waals surface area contributed by atoms with Gasteiger partial charge < -0.3 is 10.0 Å². The van der Waals surface area contributed by atoms with Crippen molar-refractivity contribution < 1.29 is 9.90 Å². The van der Waals surface area contributed by atoms with Crippen molar-refractivity contribution in [2.24, 2.45) is 5.92 Å². The minimum atomic E-state index is -0.204. The number of likely N-dealkylation sites (tertiary alicyclic amines) is 1. The van der Waals surface area contributed by atoms with Gasteiger partial charge in [-0.05, 0) is 24.3 Å². The van der Waals surface area contributed by atoms with Gasteiger partial charge in [-0.2, -0.15) is 0 Å². The summed E-state index contributed by atoms with van der Waals surface area (Å²) in [4.78, 5) is 14.5. The summed E-state index contributed by atoms with van der Waals surface area (Å²) in [7, 11) is 0. The second-order valence-corrected chi connectivity index (χ2v) is 5.97. The molecule has 1 aromatic rings. The van der Waals surface area contributed by atoms with E-state index in [1.165, 1.54) is 0 Å². The summed E-state index contributed by atoms with van der Waals surface area (Å²) in [6, 6.07) is 9.98. The van der Waals surface area contributed by atoms with E-state index in [1.807, 2.05) is 35.2 Å². The third-order valence-corrected chi connectivity index (χ3v) is 4.72. The van der Waals surface area contributed by atoms with Crippen molar-refractivity contribution in [3.63, 3.8) is 0 Å². The zero-order chi connectivity index (χ0) is 15.2. The molecule has 1 saturated heterocycles. The predicted molar refractivity (Wildman–Crippen MR) is 84.8 cm³/mol. The van der Waals surface area contributed by atoms with Gasteiger partial charge in [0.05, 0.1) is 12.6 Å². The molecule has 0 aromatic heterocycles. The van der Waals surface area contributed by atoms with Crippen LogP contribution in [-0.4, -0.2) is 28.6 Å². The van der Waals surface area contributed by atoms with Gasteiger partial charge in [-0.1, -0.05) is 57.0 Å². The van der Waals surface area contributed by atoms with Crippen LogP contribution in [-0.2, 0) is 4.79 Å². The molecular formula is C18H27NO2. The fourth-order valence-electron chi connectivity index (χ4n) is 3.62. The lowest BCUT2D eigenvalue weighted by molar-refractivity contribution is -0.144. The first-order valence-corrected chi connectivity index (χ1v) is 8.19. The van der Waals surface area contributed by atoms with Crippen molar-refractivity contribution >= 4 is 5.91 Å². The Bertz CT molecular complexity index is 446. The Balaban J connectivity index is 2.32. The number of amides is 1. The van der Waals surface area contributed by atoms with Crippen molar-refractivity contribution in [3.8, 4) is 0 Å². The number of nitrogens with zero attached hydrogens (tertiary/aromatic N) is 1. The van der Waals surface area contributed by atoms with Crippen molar-refractivity contribution in [2.45, 2.75) is 58.0 Å². The molecule has 3 heteroatoms. The summed E-state index contributed by atoms with van der Waals surface area (Å²) in [6.07, 6.45) is 4.79. The Kier molecular flexibility index (Phi) is 5.80. The Morgan fingerprint density at radius 2 is 2.00 bits per heavy atom. The summed E-state index contributed by atoms with van der Waals surface area (Å²) < 4.78 is 0. The molecule has 0 aliphatic carbocycles. The highest BCUT2D eigenvalue weighted by molar-refractivity contribution is 5.78. The lowest BCUT2D eigenvalue weighted by Gasteiger charge is -2.45. The third-order valence-electron chi connectivity index (χ3n) is 4.72. The van der Waals surface area contributed by atoms with Gasteiger partial charge in [-0.25, -0.2) is 0 Å². The van der Waals surface area contributed by atoms with E-state index >= 15 is 0 Å². The van der Waals surface area contributed by atoms with Gasteiger partial charge in [0.2, 0.25) is 5.91 Å². The Hall–Kier alpha value is -1.35. The summed E-state index contributed by atoms with van der Waals surface area (Å²) in [5.74, 6) is 0.751. The number of aliphatic hydroxyl groups excluding tert-OH is 1. The summed E-state index contributed by atoms with van der Waals surface area (Å²) in [5, 5.41) is 9.90. The molecule has 0 unspecified atom stereocenters. The smallest absolute Gasteiger partial charge is 0.223 e. The molecule has 0 saturated carbocycles. The summed E-state index contributed by atoms with van der Waals surface area (Å²) in [6.45, 7) is 4.37. The van der Waals surface area contributed by atoms with Gasteiger partial charge in [-0.3, -0.25) is 4.79 Å². The van der Waals surface area contributed by atoms with Crippen LogP contribution >= 0.6 is 0 Å². The molecule has 1 aromatic carbocycles. The van der Waals surface area contributed by atoms with Gasteiger partial charge in [0.15, 0.2) is 0 Å². The quantitative estimate of drug-likeness (QED) is 0.870. The van der Waals surface area contributed by atoms with Gasteiger partial charge in [0.1, 0.15) is 0 Å². The topological polar surface area (TPSA) is 40.5 Å². The normalized spacial score (nSPS) is 24.1. The number of piperidine rings is 1. The fraction of sp³-hybridized carbons (Fsp3) is 0.611. The Labute approximate surface area is 128 Å². The van der Waals surface area contributed by atoms with E-state index in [4.69, 9.17) is 0 Å². The molecule has 1 heterocycles. The molecule has 1 fully saturated rings. The van der Waals surface area contributed by atoms with Crippen molar-refractivity contribution in [3.05, 3.63) is 35.9 Å². The SMILES string of the molecule is CCC[C@H]1[C@H](CC)CCC(=O)N1[C@@H](CO)c1ccccc1. The van der Waals surface area contributed by atoms with E-state index in [1.54, 1.807) is 0 Å². The minimum absolute atomic E-state index is 0.00754. The molecule has 3 atom stereocenters. The molecule has 0 spiro atoms. The Morgan fingerprint density at radius 1 is 1.29 bits per heavy atom.